The van der Waals surface area contributed by atoms with Gasteiger partial charge in [-0.05, 0) is 12.8 Å². The van der Waals surface area contributed by atoms with Crippen molar-refractivity contribution in [3.63, 3.8) is 0 Å². The normalized spacial score (nSPS) is 24.7. The van der Waals surface area contributed by atoms with Gasteiger partial charge in [0.05, 0.1) is 6.54 Å². The summed E-state index contributed by atoms with van der Waals surface area (Å²) in [6.07, 6.45) is 0. The van der Waals surface area contributed by atoms with Gasteiger partial charge in [-0.2, -0.15) is 0 Å². The Balaban J connectivity index is 2.37. The first-order valence-corrected chi connectivity index (χ1v) is 5.67. The molecule has 1 rings (SSSR count). The van der Waals surface area contributed by atoms with Gasteiger partial charge in [0.15, 0.2) is 0 Å². The van der Waals surface area contributed by atoms with Crippen LogP contribution in [0.1, 0.15) is 20.8 Å². The van der Waals surface area contributed by atoms with Crippen LogP contribution < -0.4 is 0 Å². The highest BCUT2D eigenvalue weighted by Gasteiger charge is 2.24. The van der Waals surface area contributed by atoms with Crippen molar-refractivity contribution in [2.24, 2.45) is 5.92 Å². The average molecular weight is 214 g/mol. The van der Waals surface area contributed by atoms with Gasteiger partial charge in [-0.25, -0.2) is 0 Å². The molecule has 0 spiro atoms. The monoisotopic (exact) mass is 214 g/mol. The van der Waals surface area contributed by atoms with Gasteiger partial charge in [-0.3, -0.25) is 14.6 Å². The smallest absolute Gasteiger partial charge is 0.317 e. The molecule has 4 heteroatoms. The van der Waals surface area contributed by atoms with E-state index < -0.39 is 5.97 Å². The number of hydrogen-bond donors (Lipinski definition) is 1. The first-order chi connectivity index (χ1) is 6.99. The second-order valence-corrected chi connectivity index (χ2v) is 4.87. The van der Waals surface area contributed by atoms with E-state index in [1.165, 1.54) is 0 Å². The standard InChI is InChI=1S/C11H22N2O2/c1-9(2)6-13-5-4-12(7-10(13)3)8-11(14)15/h9-10H,4-8H2,1-3H3,(H,14,15). The first-order valence-electron chi connectivity index (χ1n) is 5.67. The van der Waals surface area contributed by atoms with Crippen molar-refractivity contribution in [1.29, 1.82) is 0 Å². The molecule has 1 atom stereocenters. The molecule has 0 amide bonds. The number of nitrogens with zero attached hydrogens (tertiary/aromatic N) is 2. The SMILES string of the molecule is CC(C)CN1CCN(CC(=O)O)CC1C. The van der Waals surface area contributed by atoms with Gasteiger partial charge >= 0.3 is 5.97 Å². The summed E-state index contributed by atoms with van der Waals surface area (Å²) in [7, 11) is 0. The summed E-state index contributed by atoms with van der Waals surface area (Å²) in [5, 5.41) is 8.71. The van der Waals surface area contributed by atoms with Crippen LogP contribution in [0.4, 0.5) is 0 Å². The van der Waals surface area contributed by atoms with Crippen LogP contribution in [0.2, 0.25) is 0 Å². The van der Waals surface area contributed by atoms with E-state index in [0.717, 1.165) is 26.2 Å². The van der Waals surface area contributed by atoms with E-state index in [1.54, 1.807) is 0 Å². The minimum atomic E-state index is -0.723. The van der Waals surface area contributed by atoms with Crippen LogP contribution in [0.3, 0.4) is 0 Å². The third-order valence-electron chi connectivity index (χ3n) is 2.81. The van der Waals surface area contributed by atoms with Crippen LogP contribution >= 0.6 is 0 Å². The van der Waals surface area contributed by atoms with Crippen molar-refractivity contribution in [2.45, 2.75) is 26.8 Å². The van der Waals surface area contributed by atoms with Crippen molar-refractivity contribution in [3.05, 3.63) is 0 Å². The molecule has 1 heterocycles. The zero-order chi connectivity index (χ0) is 11.4. The van der Waals surface area contributed by atoms with E-state index in [0.29, 0.717) is 12.0 Å². The second-order valence-electron chi connectivity index (χ2n) is 4.87. The molecule has 15 heavy (non-hydrogen) atoms. The van der Waals surface area contributed by atoms with Crippen molar-refractivity contribution >= 4 is 5.97 Å². The molecule has 0 aliphatic carbocycles. The highest BCUT2D eigenvalue weighted by molar-refractivity contribution is 5.69. The topological polar surface area (TPSA) is 43.8 Å². The Labute approximate surface area is 91.9 Å². The molecule has 1 aliphatic heterocycles. The summed E-state index contributed by atoms with van der Waals surface area (Å²) in [5.74, 6) is -0.0435. The average Bonchev–Trinajstić information content (AvgIpc) is 2.08. The molecule has 1 aliphatic rings. The molecule has 1 unspecified atom stereocenters. The van der Waals surface area contributed by atoms with E-state index in [1.807, 2.05) is 4.90 Å². The lowest BCUT2D eigenvalue weighted by Crippen LogP contribution is -2.53. The molecule has 0 bridgehead atoms. The Morgan fingerprint density at radius 1 is 1.47 bits per heavy atom. The van der Waals surface area contributed by atoms with Crippen LogP contribution in [0.15, 0.2) is 0 Å². The third kappa shape index (κ3) is 4.18. The maximum absolute atomic E-state index is 10.6. The summed E-state index contributed by atoms with van der Waals surface area (Å²) in [4.78, 5) is 15.0. The Bertz CT molecular complexity index is 219. The minimum Gasteiger partial charge on any atom is -0.480 e. The second kappa shape index (κ2) is 5.47. The van der Waals surface area contributed by atoms with Crippen LogP contribution in [0.25, 0.3) is 0 Å². The fraction of sp³-hybridized carbons (Fsp3) is 0.909. The van der Waals surface area contributed by atoms with E-state index in [2.05, 4.69) is 25.7 Å². The van der Waals surface area contributed by atoms with Crippen LogP contribution in [0.5, 0.6) is 0 Å². The third-order valence-corrected chi connectivity index (χ3v) is 2.81. The molecule has 4 nitrogen and oxygen atoms in total. The van der Waals surface area contributed by atoms with Crippen LogP contribution in [0, 0.1) is 5.92 Å². The molecule has 0 aromatic carbocycles. The van der Waals surface area contributed by atoms with E-state index >= 15 is 0 Å². The number of carboxylic acid groups (broad SMARTS) is 1. The summed E-state index contributed by atoms with van der Waals surface area (Å²) in [6.45, 7) is 10.7. The Hall–Kier alpha value is -0.610. The zero-order valence-corrected chi connectivity index (χ0v) is 9.94. The molecular weight excluding hydrogens is 192 g/mol. The van der Waals surface area contributed by atoms with E-state index in [4.69, 9.17) is 5.11 Å². The largest absolute Gasteiger partial charge is 0.480 e. The van der Waals surface area contributed by atoms with Crippen molar-refractivity contribution in [1.82, 2.24) is 9.80 Å². The van der Waals surface area contributed by atoms with E-state index in [-0.39, 0.29) is 6.54 Å². The molecular formula is C11H22N2O2. The quantitative estimate of drug-likeness (QED) is 0.749. The van der Waals surface area contributed by atoms with Crippen LogP contribution in [-0.2, 0) is 4.79 Å². The molecule has 0 aromatic heterocycles. The van der Waals surface area contributed by atoms with Crippen LogP contribution in [-0.4, -0.2) is 59.6 Å². The fourth-order valence-corrected chi connectivity index (χ4v) is 2.15. The maximum atomic E-state index is 10.6. The lowest BCUT2D eigenvalue weighted by Gasteiger charge is -2.40. The molecule has 88 valence electrons. The van der Waals surface area contributed by atoms with E-state index in [9.17, 15) is 4.79 Å². The number of carboxylic acids is 1. The highest BCUT2D eigenvalue weighted by atomic mass is 16.4. The lowest BCUT2D eigenvalue weighted by molar-refractivity contribution is -0.139. The van der Waals surface area contributed by atoms with Gasteiger partial charge in [0.2, 0.25) is 0 Å². The van der Waals surface area contributed by atoms with Gasteiger partial charge in [0.1, 0.15) is 0 Å². The van der Waals surface area contributed by atoms with Gasteiger partial charge in [0, 0.05) is 32.2 Å². The summed E-state index contributed by atoms with van der Waals surface area (Å²) >= 11 is 0. The van der Waals surface area contributed by atoms with Crippen molar-refractivity contribution < 1.29 is 9.90 Å². The van der Waals surface area contributed by atoms with Gasteiger partial charge in [-0.15, -0.1) is 0 Å². The number of rotatable bonds is 4. The zero-order valence-electron chi connectivity index (χ0n) is 9.94. The molecule has 1 fully saturated rings. The Morgan fingerprint density at radius 3 is 2.60 bits per heavy atom. The molecule has 1 saturated heterocycles. The first kappa shape index (κ1) is 12.5. The van der Waals surface area contributed by atoms with Crippen molar-refractivity contribution in [3.8, 4) is 0 Å². The predicted molar refractivity (Wildman–Crippen MR) is 59.9 cm³/mol. The summed E-state index contributed by atoms with van der Waals surface area (Å²) < 4.78 is 0. The van der Waals surface area contributed by atoms with Gasteiger partial charge in [0.25, 0.3) is 0 Å². The van der Waals surface area contributed by atoms with Crippen molar-refractivity contribution in [2.75, 3.05) is 32.7 Å². The minimum absolute atomic E-state index is 0.180. The van der Waals surface area contributed by atoms with Gasteiger partial charge in [-0.1, -0.05) is 13.8 Å². The molecule has 0 saturated carbocycles. The summed E-state index contributed by atoms with van der Waals surface area (Å²) in [6, 6.07) is 0.473. The fourth-order valence-electron chi connectivity index (χ4n) is 2.15. The Morgan fingerprint density at radius 2 is 2.13 bits per heavy atom. The number of piperazine rings is 1. The highest BCUT2D eigenvalue weighted by Crippen LogP contribution is 2.11. The molecule has 1 N–H and O–H groups in total. The molecule has 0 radical (unpaired) electrons. The molecule has 0 aromatic rings. The summed E-state index contributed by atoms with van der Waals surface area (Å²) in [5.41, 5.74) is 0. The number of aliphatic carboxylic acids is 1. The maximum Gasteiger partial charge on any atom is 0.317 e. The predicted octanol–water partition coefficient (Wildman–Crippen LogP) is 0.733. The Kier molecular flexibility index (Phi) is 4.54. The van der Waals surface area contributed by atoms with Gasteiger partial charge < -0.3 is 5.11 Å². The lowest BCUT2D eigenvalue weighted by atomic mass is 10.1. The number of carbonyl (C=O) groups is 1. The number of hydrogen-bond acceptors (Lipinski definition) is 3.